The molecule has 0 radical (unpaired) electrons. The molecule has 1 amide bonds. The van der Waals surface area contributed by atoms with Gasteiger partial charge in [0.05, 0.1) is 43.2 Å². The van der Waals surface area contributed by atoms with Crippen molar-refractivity contribution >= 4 is 23.2 Å². The number of alkyl halides is 3. The summed E-state index contributed by atoms with van der Waals surface area (Å²) in [4.78, 5) is 17.6. The summed E-state index contributed by atoms with van der Waals surface area (Å²) in [6.45, 7) is 4.26. The first-order chi connectivity index (χ1) is 19.3. The summed E-state index contributed by atoms with van der Waals surface area (Å²) in [5.41, 5.74) is 1.51. The molecule has 3 aromatic rings. The van der Waals surface area contributed by atoms with Crippen molar-refractivity contribution in [1.82, 2.24) is 4.90 Å². The number of rotatable bonds is 7. The van der Waals surface area contributed by atoms with Crippen molar-refractivity contribution in [2.24, 2.45) is 0 Å². The molecule has 0 aliphatic carbocycles. The largest absolute Gasteiger partial charge is 0.496 e. The summed E-state index contributed by atoms with van der Waals surface area (Å²) < 4.78 is 57.3. The number of carbonyl (C=O) groups excluding carboxylic acids is 1. The molecule has 5 rings (SSSR count). The third-order valence-electron chi connectivity index (χ3n) is 6.85. The van der Waals surface area contributed by atoms with Gasteiger partial charge in [-0.1, -0.05) is 18.2 Å². The van der Waals surface area contributed by atoms with E-state index in [1.54, 1.807) is 23.1 Å². The lowest BCUT2D eigenvalue weighted by Gasteiger charge is -2.28. The van der Waals surface area contributed by atoms with E-state index < -0.39 is 17.5 Å². The van der Waals surface area contributed by atoms with E-state index in [9.17, 15) is 18.0 Å². The van der Waals surface area contributed by atoms with Crippen LogP contribution >= 0.6 is 0 Å². The minimum atomic E-state index is -4.71. The van der Waals surface area contributed by atoms with Crippen LogP contribution in [0.4, 0.5) is 18.9 Å². The molecule has 0 N–H and O–H groups in total. The molecule has 40 heavy (non-hydrogen) atoms. The van der Waals surface area contributed by atoms with Gasteiger partial charge in [0, 0.05) is 48.9 Å². The Balaban J connectivity index is 1.42. The first kappa shape index (κ1) is 27.2. The van der Waals surface area contributed by atoms with Crippen molar-refractivity contribution in [1.29, 1.82) is 5.26 Å². The Kier molecular flexibility index (Phi) is 7.78. The zero-order valence-corrected chi connectivity index (χ0v) is 21.7. The molecule has 0 saturated carbocycles. The van der Waals surface area contributed by atoms with Gasteiger partial charge < -0.3 is 19.1 Å². The highest BCUT2D eigenvalue weighted by Crippen LogP contribution is 2.41. The van der Waals surface area contributed by atoms with Crippen molar-refractivity contribution in [2.45, 2.75) is 6.18 Å². The monoisotopic (exact) mass is 549 g/mol. The van der Waals surface area contributed by atoms with Gasteiger partial charge >= 0.3 is 6.18 Å². The second-order valence-electron chi connectivity index (χ2n) is 9.31. The van der Waals surface area contributed by atoms with Crippen molar-refractivity contribution in [3.05, 3.63) is 82.9 Å². The van der Waals surface area contributed by atoms with Gasteiger partial charge in [-0.05, 0) is 42.5 Å². The highest BCUT2D eigenvalue weighted by Gasteiger charge is 2.35. The van der Waals surface area contributed by atoms with Crippen molar-refractivity contribution < 1.29 is 32.2 Å². The SMILES string of the molecule is COc1cc(Oc2ccc(C#N)cc2C(F)(F)F)ccc1C=C1C(=O)N(CCN2CCOCC2)c2ccccc21. The molecule has 10 heteroatoms. The number of carbonyl (C=O) groups is 1. The number of amides is 1. The van der Waals surface area contributed by atoms with Gasteiger partial charge in [-0.2, -0.15) is 18.4 Å². The summed E-state index contributed by atoms with van der Waals surface area (Å²) in [5, 5.41) is 9.00. The number of para-hydroxylation sites is 1. The molecule has 0 atom stereocenters. The number of benzene rings is 3. The number of anilines is 1. The van der Waals surface area contributed by atoms with Crippen LogP contribution in [0.3, 0.4) is 0 Å². The van der Waals surface area contributed by atoms with E-state index in [2.05, 4.69) is 4.90 Å². The van der Waals surface area contributed by atoms with Gasteiger partial charge in [-0.3, -0.25) is 9.69 Å². The summed E-state index contributed by atoms with van der Waals surface area (Å²) in [5.74, 6) is -0.136. The lowest BCUT2D eigenvalue weighted by atomic mass is 10.0. The zero-order valence-electron chi connectivity index (χ0n) is 21.7. The standard InChI is InChI=1S/C30H26F3N3O4/c1-38-28-18-22(40-27-9-6-20(19-34)16-25(27)30(31,32)33)8-7-21(28)17-24-23-4-2-3-5-26(23)36(29(24)37)11-10-35-12-14-39-15-13-35/h2-9,16-18H,10-15H2,1H3. The molecule has 3 aromatic carbocycles. The second-order valence-corrected chi connectivity index (χ2v) is 9.31. The Bertz CT molecular complexity index is 1490. The van der Waals surface area contributed by atoms with Gasteiger partial charge in [-0.15, -0.1) is 0 Å². The first-order valence-electron chi connectivity index (χ1n) is 12.7. The van der Waals surface area contributed by atoms with Crippen molar-refractivity contribution in [3.8, 4) is 23.3 Å². The number of hydrogen-bond acceptors (Lipinski definition) is 6. The Morgan fingerprint density at radius 2 is 1.80 bits per heavy atom. The fourth-order valence-electron chi connectivity index (χ4n) is 4.80. The second kappa shape index (κ2) is 11.4. The highest BCUT2D eigenvalue weighted by atomic mass is 19.4. The predicted molar refractivity (Wildman–Crippen MR) is 143 cm³/mol. The Hall–Kier alpha value is -4.33. The molecular formula is C30H26F3N3O4. The number of hydrogen-bond donors (Lipinski definition) is 0. The molecule has 2 aliphatic rings. The van der Waals surface area contributed by atoms with Crippen LogP contribution in [0.5, 0.6) is 17.2 Å². The average Bonchev–Trinajstić information content (AvgIpc) is 3.23. The fourth-order valence-corrected chi connectivity index (χ4v) is 4.80. The summed E-state index contributed by atoms with van der Waals surface area (Å²) in [6.07, 6.45) is -2.98. The van der Waals surface area contributed by atoms with E-state index in [1.165, 1.54) is 25.3 Å². The maximum absolute atomic E-state index is 13.6. The quantitative estimate of drug-likeness (QED) is 0.358. The van der Waals surface area contributed by atoms with Crippen molar-refractivity contribution in [3.63, 3.8) is 0 Å². The van der Waals surface area contributed by atoms with Crippen LogP contribution in [0.2, 0.25) is 0 Å². The number of methoxy groups -OCH3 is 1. The molecular weight excluding hydrogens is 523 g/mol. The van der Waals surface area contributed by atoms with Crippen LogP contribution in [-0.2, 0) is 15.7 Å². The van der Waals surface area contributed by atoms with Gasteiger partial charge in [0.15, 0.2) is 0 Å². The Morgan fingerprint density at radius 3 is 2.52 bits per heavy atom. The van der Waals surface area contributed by atoms with E-state index in [0.717, 1.165) is 43.0 Å². The molecule has 7 nitrogen and oxygen atoms in total. The molecule has 0 unspecified atom stereocenters. The van der Waals surface area contributed by atoms with E-state index >= 15 is 0 Å². The van der Waals surface area contributed by atoms with E-state index in [0.29, 0.717) is 36.6 Å². The normalized spacial score (nSPS) is 16.6. The molecule has 1 fully saturated rings. The van der Waals surface area contributed by atoms with Crippen LogP contribution in [0, 0.1) is 11.3 Å². The lowest BCUT2D eigenvalue weighted by Crippen LogP contribution is -2.42. The van der Waals surface area contributed by atoms with Crippen LogP contribution in [-0.4, -0.2) is 57.3 Å². The minimum absolute atomic E-state index is 0.111. The minimum Gasteiger partial charge on any atom is -0.496 e. The smallest absolute Gasteiger partial charge is 0.420 e. The van der Waals surface area contributed by atoms with Gasteiger partial charge in [0.2, 0.25) is 0 Å². The van der Waals surface area contributed by atoms with Crippen LogP contribution in [0.1, 0.15) is 22.3 Å². The number of nitrogens with zero attached hydrogens (tertiary/aromatic N) is 3. The zero-order chi connectivity index (χ0) is 28.3. The average molecular weight is 550 g/mol. The van der Waals surface area contributed by atoms with E-state index in [4.69, 9.17) is 19.5 Å². The summed E-state index contributed by atoms with van der Waals surface area (Å²) in [7, 11) is 1.43. The Morgan fingerprint density at radius 1 is 1.02 bits per heavy atom. The number of morpholine rings is 1. The third kappa shape index (κ3) is 5.66. The molecule has 0 bridgehead atoms. The van der Waals surface area contributed by atoms with Crippen molar-refractivity contribution in [2.75, 3.05) is 51.4 Å². The Labute approximate surface area is 229 Å². The maximum Gasteiger partial charge on any atom is 0.420 e. The molecule has 1 saturated heterocycles. The van der Waals surface area contributed by atoms with Crippen LogP contribution in [0.15, 0.2) is 60.7 Å². The molecule has 0 aromatic heterocycles. The van der Waals surface area contributed by atoms with Gasteiger partial charge in [-0.25, -0.2) is 0 Å². The van der Waals surface area contributed by atoms with Gasteiger partial charge in [0.25, 0.3) is 5.91 Å². The number of nitriles is 1. The summed E-state index contributed by atoms with van der Waals surface area (Å²) in [6, 6.07) is 17.0. The number of fused-ring (bicyclic) bond motifs is 1. The number of halogens is 3. The summed E-state index contributed by atoms with van der Waals surface area (Å²) >= 11 is 0. The number of ether oxygens (including phenoxy) is 3. The molecule has 2 aliphatic heterocycles. The predicted octanol–water partition coefficient (Wildman–Crippen LogP) is 5.60. The van der Waals surface area contributed by atoms with Gasteiger partial charge in [0.1, 0.15) is 17.2 Å². The molecule has 2 heterocycles. The third-order valence-corrected chi connectivity index (χ3v) is 6.85. The van der Waals surface area contributed by atoms with E-state index in [1.807, 2.05) is 24.3 Å². The lowest BCUT2D eigenvalue weighted by molar-refractivity contribution is -0.138. The van der Waals surface area contributed by atoms with Crippen LogP contribution < -0.4 is 14.4 Å². The topological polar surface area (TPSA) is 75.0 Å². The first-order valence-corrected chi connectivity index (χ1v) is 12.7. The fraction of sp³-hybridized carbons (Fsp3) is 0.267. The highest BCUT2D eigenvalue weighted by molar-refractivity contribution is 6.35. The van der Waals surface area contributed by atoms with Crippen LogP contribution in [0.25, 0.3) is 11.6 Å². The maximum atomic E-state index is 13.6. The molecule has 206 valence electrons. The van der Waals surface area contributed by atoms with E-state index in [-0.39, 0.29) is 17.2 Å². The molecule has 0 spiro atoms.